The van der Waals surface area contributed by atoms with Gasteiger partial charge in [-0.3, -0.25) is 9.67 Å². The molecule has 9 nitrogen and oxygen atoms in total. The van der Waals surface area contributed by atoms with Crippen molar-refractivity contribution < 1.29 is 4.42 Å². The maximum atomic E-state index is 5.82. The maximum absolute atomic E-state index is 5.82. The van der Waals surface area contributed by atoms with Crippen molar-refractivity contribution in [3.8, 4) is 22.6 Å². The summed E-state index contributed by atoms with van der Waals surface area (Å²) in [6.45, 7) is 1.98. The van der Waals surface area contributed by atoms with Gasteiger partial charge in [0, 0.05) is 48.3 Å². The number of rotatable bonds is 4. The summed E-state index contributed by atoms with van der Waals surface area (Å²) in [5.41, 5.74) is 5.34. The molecule has 0 saturated heterocycles. The van der Waals surface area contributed by atoms with E-state index < -0.39 is 0 Å². The lowest BCUT2D eigenvalue weighted by molar-refractivity contribution is 0.588. The van der Waals surface area contributed by atoms with E-state index in [9.17, 15) is 0 Å². The predicted molar refractivity (Wildman–Crippen MR) is 104 cm³/mol. The number of aromatic nitrogens is 7. The molecule has 0 bridgehead atoms. The normalized spacial score (nSPS) is 11.2. The fourth-order valence-corrected chi connectivity index (χ4v) is 3.00. The summed E-state index contributed by atoms with van der Waals surface area (Å²) in [6.07, 6.45) is 10.8. The Labute approximate surface area is 159 Å². The second kappa shape index (κ2) is 6.31. The van der Waals surface area contributed by atoms with Gasteiger partial charge in [0.05, 0.1) is 23.6 Å². The van der Waals surface area contributed by atoms with Crippen LogP contribution in [0.1, 0.15) is 5.56 Å². The van der Waals surface area contributed by atoms with Crippen LogP contribution in [0.5, 0.6) is 0 Å². The Bertz CT molecular complexity index is 1280. The van der Waals surface area contributed by atoms with Gasteiger partial charge >= 0.3 is 6.01 Å². The number of hydrogen-bond donors (Lipinski definition) is 2. The smallest absolute Gasteiger partial charge is 0.320 e. The Morgan fingerprint density at radius 2 is 2.07 bits per heavy atom. The topological polar surface area (TPSA) is 110 Å². The summed E-state index contributed by atoms with van der Waals surface area (Å²) in [7, 11) is 1.88. The fraction of sp³-hybridized carbons (Fsp3) is 0.105. The van der Waals surface area contributed by atoms with Gasteiger partial charge in [0.15, 0.2) is 0 Å². The van der Waals surface area contributed by atoms with Crippen LogP contribution in [-0.4, -0.2) is 34.9 Å². The zero-order chi connectivity index (χ0) is 19.1. The monoisotopic (exact) mass is 372 g/mol. The van der Waals surface area contributed by atoms with Gasteiger partial charge < -0.3 is 14.7 Å². The summed E-state index contributed by atoms with van der Waals surface area (Å²) in [4.78, 5) is 11.7. The Morgan fingerprint density at radius 3 is 2.89 bits per heavy atom. The number of aromatic amines is 1. The van der Waals surface area contributed by atoms with Crippen molar-refractivity contribution in [2.45, 2.75) is 6.92 Å². The van der Waals surface area contributed by atoms with E-state index in [1.54, 1.807) is 23.3 Å². The Kier molecular flexibility index (Phi) is 3.64. The molecule has 0 saturated carbocycles. The van der Waals surface area contributed by atoms with E-state index in [4.69, 9.17) is 4.42 Å². The van der Waals surface area contributed by atoms with Crippen molar-refractivity contribution in [2.24, 2.45) is 7.05 Å². The number of nitrogens with zero attached hydrogens (tertiary/aromatic N) is 6. The Hall–Kier alpha value is -4.01. The van der Waals surface area contributed by atoms with Crippen LogP contribution in [0.3, 0.4) is 0 Å². The summed E-state index contributed by atoms with van der Waals surface area (Å²) in [6, 6.07) is 4.25. The average Bonchev–Trinajstić information content (AvgIpc) is 3.42. The van der Waals surface area contributed by atoms with Crippen LogP contribution in [0.25, 0.3) is 33.6 Å². The minimum absolute atomic E-state index is 0.303. The molecule has 0 aromatic carbocycles. The summed E-state index contributed by atoms with van der Waals surface area (Å²) in [5, 5.41) is 16.5. The molecule has 28 heavy (non-hydrogen) atoms. The summed E-state index contributed by atoms with van der Waals surface area (Å²) >= 11 is 0. The quantitative estimate of drug-likeness (QED) is 0.497. The first-order valence-electron chi connectivity index (χ1n) is 8.65. The van der Waals surface area contributed by atoms with Crippen molar-refractivity contribution in [2.75, 3.05) is 5.32 Å². The largest absolute Gasteiger partial charge is 0.403 e. The lowest BCUT2D eigenvalue weighted by Gasteiger charge is -2.03. The van der Waals surface area contributed by atoms with Gasteiger partial charge in [-0.1, -0.05) is 5.10 Å². The van der Waals surface area contributed by atoms with Gasteiger partial charge in [-0.2, -0.15) is 5.10 Å². The molecule has 0 aliphatic heterocycles. The van der Waals surface area contributed by atoms with E-state index in [0.717, 1.165) is 39.0 Å². The summed E-state index contributed by atoms with van der Waals surface area (Å²) in [5.74, 6) is 0.403. The second-order valence-corrected chi connectivity index (χ2v) is 6.45. The van der Waals surface area contributed by atoms with Gasteiger partial charge in [0.2, 0.25) is 0 Å². The van der Waals surface area contributed by atoms with E-state index in [0.29, 0.717) is 11.9 Å². The molecular weight excluding hydrogens is 356 g/mol. The molecule has 5 aromatic rings. The van der Waals surface area contributed by atoms with Gasteiger partial charge in [-0.15, -0.1) is 5.10 Å². The number of anilines is 2. The van der Waals surface area contributed by atoms with Crippen LogP contribution in [0.2, 0.25) is 0 Å². The standard InChI is InChI=1S/C19H16N8O/c1-11-3-4-20-9-16(11)24-19-26-25-18(28-19)15-8-22-17-14(15)5-12(6-21-17)13-7-23-27(2)10-13/h3-10H,1-2H3,(H,21,22)(H,24,26). The van der Waals surface area contributed by atoms with E-state index in [2.05, 4.69) is 35.6 Å². The average molecular weight is 372 g/mol. The van der Waals surface area contributed by atoms with Crippen LogP contribution in [0.15, 0.2) is 53.7 Å². The van der Waals surface area contributed by atoms with Gasteiger partial charge in [0.25, 0.3) is 5.89 Å². The highest BCUT2D eigenvalue weighted by Gasteiger charge is 2.16. The second-order valence-electron chi connectivity index (χ2n) is 6.45. The fourth-order valence-electron chi connectivity index (χ4n) is 3.00. The molecule has 0 amide bonds. The van der Waals surface area contributed by atoms with Crippen LogP contribution >= 0.6 is 0 Å². The molecule has 0 radical (unpaired) electrons. The summed E-state index contributed by atoms with van der Waals surface area (Å²) < 4.78 is 7.58. The highest BCUT2D eigenvalue weighted by atomic mass is 16.4. The predicted octanol–water partition coefficient (Wildman–Crippen LogP) is 3.46. The lowest BCUT2D eigenvalue weighted by Crippen LogP contribution is -1.93. The molecule has 0 aliphatic rings. The van der Waals surface area contributed by atoms with E-state index in [-0.39, 0.29) is 0 Å². The molecule has 0 unspecified atom stereocenters. The lowest BCUT2D eigenvalue weighted by atomic mass is 10.1. The van der Waals surface area contributed by atoms with Crippen molar-refractivity contribution in [1.29, 1.82) is 0 Å². The number of nitrogens with one attached hydrogen (secondary N) is 2. The highest BCUT2D eigenvalue weighted by molar-refractivity contribution is 5.93. The van der Waals surface area contributed by atoms with Crippen LogP contribution in [0, 0.1) is 6.92 Å². The van der Waals surface area contributed by atoms with Gasteiger partial charge in [-0.05, 0) is 24.6 Å². The van der Waals surface area contributed by atoms with Crippen LogP contribution in [-0.2, 0) is 7.05 Å². The van der Waals surface area contributed by atoms with Crippen LogP contribution < -0.4 is 5.32 Å². The zero-order valence-corrected chi connectivity index (χ0v) is 15.2. The molecule has 138 valence electrons. The number of hydrogen-bond acceptors (Lipinski definition) is 7. The van der Waals surface area contributed by atoms with Crippen LogP contribution in [0.4, 0.5) is 11.7 Å². The van der Waals surface area contributed by atoms with Gasteiger partial charge in [0.1, 0.15) is 5.65 Å². The Balaban J connectivity index is 1.51. The first-order chi connectivity index (χ1) is 13.7. The third-order valence-electron chi connectivity index (χ3n) is 4.51. The van der Waals surface area contributed by atoms with Crippen molar-refractivity contribution in [1.82, 2.24) is 34.9 Å². The van der Waals surface area contributed by atoms with E-state index in [1.807, 2.05) is 44.7 Å². The molecule has 2 N–H and O–H groups in total. The van der Waals surface area contributed by atoms with Crippen molar-refractivity contribution in [3.63, 3.8) is 0 Å². The SMILES string of the molecule is Cc1ccncc1Nc1nnc(-c2c[nH]c3ncc(-c4cnn(C)c4)cc23)o1. The van der Waals surface area contributed by atoms with Gasteiger partial charge in [-0.25, -0.2) is 4.98 Å². The minimum atomic E-state index is 0.303. The number of pyridine rings is 2. The molecule has 9 heteroatoms. The van der Waals surface area contributed by atoms with Crippen molar-refractivity contribution in [3.05, 3.63) is 54.9 Å². The minimum Gasteiger partial charge on any atom is -0.403 e. The van der Waals surface area contributed by atoms with E-state index in [1.165, 1.54) is 0 Å². The molecule has 5 aromatic heterocycles. The maximum Gasteiger partial charge on any atom is 0.320 e. The number of aryl methyl sites for hydroxylation is 2. The molecule has 0 spiro atoms. The molecule has 0 aliphatic carbocycles. The van der Waals surface area contributed by atoms with E-state index >= 15 is 0 Å². The third-order valence-corrected chi connectivity index (χ3v) is 4.51. The molecule has 5 heterocycles. The molecule has 5 rings (SSSR count). The number of fused-ring (bicyclic) bond motifs is 1. The number of H-pyrrole nitrogens is 1. The third kappa shape index (κ3) is 2.78. The first-order valence-corrected chi connectivity index (χ1v) is 8.65. The highest BCUT2D eigenvalue weighted by Crippen LogP contribution is 2.31. The Morgan fingerprint density at radius 1 is 1.14 bits per heavy atom. The molecule has 0 atom stereocenters. The molecule has 0 fully saturated rings. The molecular formula is C19H16N8O. The zero-order valence-electron chi connectivity index (χ0n) is 15.2. The van der Waals surface area contributed by atoms with Crippen molar-refractivity contribution >= 4 is 22.7 Å². The first kappa shape index (κ1) is 16.2.